The average molecular weight is 376 g/mol. The van der Waals surface area contributed by atoms with Gasteiger partial charge in [0.25, 0.3) is 0 Å². The van der Waals surface area contributed by atoms with E-state index >= 15 is 0 Å². The fourth-order valence-corrected chi connectivity index (χ4v) is 3.49. The lowest BCUT2D eigenvalue weighted by Crippen LogP contribution is -2.31. The van der Waals surface area contributed by atoms with Crippen LogP contribution < -0.4 is 5.73 Å². The van der Waals surface area contributed by atoms with Crippen molar-refractivity contribution in [1.82, 2.24) is 20.0 Å². The fourth-order valence-electron chi connectivity index (χ4n) is 3.32. The highest BCUT2D eigenvalue weighted by Gasteiger charge is 2.32. The summed E-state index contributed by atoms with van der Waals surface area (Å²) in [6, 6.07) is 18.3. The Morgan fingerprint density at radius 2 is 1.78 bits per heavy atom. The molecule has 1 aliphatic rings. The zero-order chi connectivity index (χ0) is 19.0. The lowest BCUT2D eigenvalue weighted by Gasteiger charge is -2.21. The van der Waals surface area contributed by atoms with Gasteiger partial charge in [-0.25, -0.2) is 9.69 Å². The summed E-state index contributed by atoms with van der Waals surface area (Å²) >= 11 is 5.22. The molecule has 0 saturated carbocycles. The zero-order valence-corrected chi connectivity index (χ0v) is 16.0. The molecule has 1 atom stereocenters. The van der Waals surface area contributed by atoms with Crippen LogP contribution in [-0.4, -0.2) is 30.8 Å². The lowest BCUT2D eigenvalue weighted by atomic mass is 10.0. The average Bonchev–Trinajstić information content (AvgIpc) is 3.27. The molecule has 1 aliphatic heterocycles. The number of hydrazone groups is 1. The maximum atomic E-state index is 5.92. The highest BCUT2D eigenvalue weighted by Crippen LogP contribution is 2.32. The SMILES string of the molecule is Cc1ccc(-n2nnc(C3=NN(C(N)=S)C(c4ccccc4)C3)c2C)cc1. The molecule has 2 heterocycles. The monoisotopic (exact) mass is 376 g/mol. The van der Waals surface area contributed by atoms with E-state index in [1.807, 2.05) is 41.9 Å². The molecule has 27 heavy (non-hydrogen) atoms. The Balaban J connectivity index is 1.69. The third-order valence-electron chi connectivity index (χ3n) is 4.77. The third-order valence-corrected chi connectivity index (χ3v) is 4.95. The van der Waals surface area contributed by atoms with Crippen molar-refractivity contribution >= 4 is 23.0 Å². The highest BCUT2D eigenvalue weighted by atomic mass is 32.1. The summed E-state index contributed by atoms with van der Waals surface area (Å²) in [5, 5.41) is 15.3. The Kier molecular flexibility index (Phi) is 4.45. The van der Waals surface area contributed by atoms with Crippen LogP contribution in [0.5, 0.6) is 0 Å². The minimum absolute atomic E-state index is 0.0253. The van der Waals surface area contributed by atoms with Crippen LogP contribution >= 0.6 is 12.2 Å². The Labute approximate surface area is 163 Å². The molecule has 0 spiro atoms. The van der Waals surface area contributed by atoms with E-state index < -0.39 is 0 Å². The molecule has 136 valence electrons. The summed E-state index contributed by atoms with van der Waals surface area (Å²) in [6.45, 7) is 4.06. The topological polar surface area (TPSA) is 72.3 Å². The van der Waals surface area contributed by atoms with Gasteiger partial charge < -0.3 is 5.73 Å². The number of nitrogens with two attached hydrogens (primary N) is 1. The minimum Gasteiger partial charge on any atom is -0.375 e. The van der Waals surface area contributed by atoms with Crippen LogP contribution in [0.15, 0.2) is 59.7 Å². The predicted octanol–water partition coefficient (Wildman–Crippen LogP) is 3.28. The van der Waals surface area contributed by atoms with Gasteiger partial charge in [-0.2, -0.15) is 5.10 Å². The van der Waals surface area contributed by atoms with E-state index in [0.717, 1.165) is 28.4 Å². The Morgan fingerprint density at radius 1 is 1.07 bits per heavy atom. The number of aryl methyl sites for hydroxylation is 1. The molecule has 0 amide bonds. The summed E-state index contributed by atoms with van der Waals surface area (Å²) in [6.07, 6.45) is 0.675. The van der Waals surface area contributed by atoms with E-state index in [1.165, 1.54) is 5.56 Å². The first-order valence-electron chi connectivity index (χ1n) is 8.75. The second kappa shape index (κ2) is 6.92. The molecule has 0 fully saturated rings. The number of aromatic nitrogens is 3. The van der Waals surface area contributed by atoms with Gasteiger partial charge in [-0.05, 0) is 43.8 Å². The minimum atomic E-state index is -0.0253. The van der Waals surface area contributed by atoms with Gasteiger partial charge in [0.1, 0.15) is 5.69 Å². The van der Waals surface area contributed by atoms with Crippen molar-refractivity contribution in [2.24, 2.45) is 10.8 Å². The molecule has 3 aromatic rings. The summed E-state index contributed by atoms with van der Waals surface area (Å²) in [5.41, 5.74) is 11.8. The van der Waals surface area contributed by atoms with Crippen molar-refractivity contribution in [2.75, 3.05) is 0 Å². The molecule has 2 N–H and O–H groups in total. The van der Waals surface area contributed by atoms with Crippen molar-refractivity contribution in [3.05, 3.63) is 77.1 Å². The highest BCUT2D eigenvalue weighted by molar-refractivity contribution is 7.80. The van der Waals surface area contributed by atoms with E-state index in [0.29, 0.717) is 6.42 Å². The number of thiocarbonyl (C=S) groups is 1. The van der Waals surface area contributed by atoms with Gasteiger partial charge in [0.2, 0.25) is 0 Å². The first-order valence-corrected chi connectivity index (χ1v) is 9.16. The van der Waals surface area contributed by atoms with Crippen LogP contribution in [-0.2, 0) is 0 Å². The molecule has 4 rings (SSSR count). The summed E-state index contributed by atoms with van der Waals surface area (Å²) in [4.78, 5) is 0. The molecule has 0 radical (unpaired) electrons. The van der Waals surface area contributed by atoms with Gasteiger partial charge in [0, 0.05) is 6.42 Å². The van der Waals surface area contributed by atoms with Crippen molar-refractivity contribution in [2.45, 2.75) is 26.3 Å². The molecule has 6 nitrogen and oxygen atoms in total. The quantitative estimate of drug-likeness (QED) is 0.710. The standard InChI is InChI=1S/C20H20N6S/c1-13-8-10-16(11-9-13)25-14(2)19(22-24-25)17-12-18(26(23-17)20(21)27)15-6-4-3-5-7-15/h3-11,18H,12H2,1-2H3,(H2,21,27). The van der Waals surface area contributed by atoms with Gasteiger partial charge in [-0.15, -0.1) is 5.10 Å². The zero-order valence-electron chi connectivity index (χ0n) is 15.2. The van der Waals surface area contributed by atoms with E-state index in [4.69, 9.17) is 18.0 Å². The van der Waals surface area contributed by atoms with E-state index in [2.05, 4.69) is 46.6 Å². The number of rotatable bonds is 3. The molecule has 1 aromatic heterocycles. The number of hydrogen-bond acceptors (Lipinski definition) is 4. The molecular weight excluding hydrogens is 356 g/mol. The first kappa shape index (κ1) is 17.4. The van der Waals surface area contributed by atoms with Crippen LogP contribution in [0.2, 0.25) is 0 Å². The smallest absolute Gasteiger partial charge is 0.187 e. The molecule has 0 bridgehead atoms. The van der Waals surface area contributed by atoms with Crippen LogP contribution in [0.1, 0.15) is 35.0 Å². The summed E-state index contributed by atoms with van der Waals surface area (Å²) < 4.78 is 1.83. The molecule has 1 unspecified atom stereocenters. The molecular formula is C20H20N6S. The number of benzene rings is 2. The first-order chi connectivity index (χ1) is 13.0. The van der Waals surface area contributed by atoms with E-state index in [9.17, 15) is 0 Å². The lowest BCUT2D eigenvalue weighted by molar-refractivity contribution is 0.373. The number of nitrogens with zero attached hydrogens (tertiary/aromatic N) is 5. The van der Waals surface area contributed by atoms with Gasteiger partial charge in [0.15, 0.2) is 5.11 Å². The summed E-state index contributed by atoms with van der Waals surface area (Å²) in [5.74, 6) is 0. The van der Waals surface area contributed by atoms with Crippen LogP contribution in [0.3, 0.4) is 0 Å². The third kappa shape index (κ3) is 3.21. The molecule has 7 heteroatoms. The molecule has 0 aliphatic carbocycles. The largest absolute Gasteiger partial charge is 0.375 e. The van der Waals surface area contributed by atoms with Gasteiger partial charge in [-0.3, -0.25) is 0 Å². The van der Waals surface area contributed by atoms with Crippen LogP contribution in [0, 0.1) is 13.8 Å². The maximum absolute atomic E-state index is 5.92. The molecule has 0 saturated heterocycles. The number of hydrogen-bond donors (Lipinski definition) is 1. The fraction of sp³-hybridized carbons (Fsp3) is 0.200. The van der Waals surface area contributed by atoms with Crippen LogP contribution in [0.25, 0.3) is 5.69 Å². The van der Waals surface area contributed by atoms with Crippen molar-refractivity contribution in [1.29, 1.82) is 0 Å². The molecule has 2 aromatic carbocycles. The maximum Gasteiger partial charge on any atom is 0.187 e. The van der Waals surface area contributed by atoms with Gasteiger partial charge in [0.05, 0.1) is 23.1 Å². The van der Waals surface area contributed by atoms with Crippen LogP contribution in [0.4, 0.5) is 0 Å². The van der Waals surface area contributed by atoms with Gasteiger partial charge >= 0.3 is 0 Å². The normalized spacial score (nSPS) is 16.4. The Hall–Kier alpha value is -3.06. The van der Waals surface area contributed by atoms with Gasteiger partial charge in [-0.1, -0.05) is 53.2 Å². The van der Waals surface area contributed by atoms with Crippen molar-refractivity contribution in [3.63, 3.8) is 0 Å². The van der Waals surface area contributed by atoms with Crippen molar-refractivity contribution in [3.8, 4) is 5.69 Å². The second-order valence-corrected chi connectivity index (χ2v) is 7.05. The van der Waals surface area contributed by atoms with Crippen molar-refractivity contribution < 1.29 is 0 Å². The second-order valence-electron chi connectivity index (χ2n) is 6.63. The Bertz CT molecular complexity index is 1010. The summed E-state index contributed by atoms with van der Waals surface area (Å²) in [7, 11) is 0. The van der Waals surface area contributed by atoms with E-state index in [-0.39, 0.29) is 11.2 Å². The van der Waals surface area contributed by atoms with E-state index in [1.54, 1.807) is 5.01 Å². The Morgan fingerprint density at radius 3 is 2.44 bits per heavy atom. The predicted molar refractivity (Wildman–Crippen MR) is 110 cm³/mol.